The van der Waals surface area contributed by atoms with Gasteiger partial charge in [0.15, 0.2) is 0 Å². The average Bonchev–Trinajstić information content (AvgIpc) is 3.07. The van der Waals surface area contributed by atoms with Gasteiger partial charge in [-0.2, -0.15) is 0 Å². The second-order valence-corrected chi connectivity index (χ2v) is 6.92. The van der Waals surface area contributed by atoms with Crippen molar-refractivity contribution in [1.82, 2.24) is 10.2 Å². The molecule has 0 aromatic heterocycles. The van der Waals surface area contributed by atoms with Crippen LogP contribution in [0.4, 0.5) is 0 Å². The van der Waals surface area contributed by atoms with Crippen LogP contribution in [0.15, 0.2) is 24.3 Å². The molecule has 23 heavy (non-hydrogen) atoms. The maximum atomic E-state index is 12.3. The van der Waals surface area contributed by atoms with E-state index in [9.17, 15) is 4.79 Å². The molecule has 126 valence electrons. The summed E-state index contributed by atoms with van der Waals surface area (Å²) in [4.78, 5) is 14.7. The number of nitrogens with zero attached hydrogens (tertiary/aromatic N) is 1. The molecule has 4 nitrogen and oxygen atoms in total. The molecule has 2 heterocycles. The standard InChI is InChI=1S/C19H28N2O2/c1-15-4-2-5-16(12-15)14-21-9-7-17(8-10-21)19(22)20-13-18-6-3-11-23-18/h2,4-5,12,17-18H,3,6-11,13-14H2,1H3,(H,20,22)/t18-/m0/s1. The molecule has 2 fully saturated rings. The number of likely N-dealkylation sites (tertiary alicyclic amines) is 1. The smallest absolute Gasteiger partial charge is 0.223 e. The van der Waals surface area contributed by atoms with Crippen LogP contribution in [0.3, 0.4) is 0 Å². The van der Waals surface area contributed by atoms with Crippen LogP contribution in [0, 0.1) is 12.8 Å². The number of carbonyl (C=O) groups is 1. The van der Waals surface area contributed by atoms with Crippen molar-refractivity contribution in [3.63, 3.8) is 0 Å². The van der Waals surface area contributed by atoms with Crippen molar-refractivity contribution >= 4 is 5.91 Å². The normalized spacial score (nSPS) is 23.1. The molecule has 0 aliphatic carbocycles. The van der Waals surface area contributed by atoms with E-state index in [0.29, 0.717) is 6.54 Å². The van der Waals surface area contributed by atoms with E-state index >= 15 is 0 Å². The molecular weight excluding hydrogens is 288 g/mol. The Morgan fingerprint density at radius 3 is 2.83 bits per heavy atom. The van der Waals surface area contributed by atoms with Gasteiger partial charge in [0.2, 0.25) is 5.91 Å². The molecule has 1 atom stereocenters. The van der Waals surface area contributed by atoms with E-state index in [2.05, 4.69) is 41.4 Å². The lowest BCUT2D eigenvalue weighted by Crippen LogP contribution is -2.42. The van der Waals surface area contributed by atoms with E-state index in [0.717, 1.165) is 51.9 Å². The zero-order chi connectivity index (χ0) is 16.1. The second-order valence-electron chi connectivity index (χ2n) is 6.92. The highest BCUT2D eigenvalue weighted by atomic mass is 16.5. The number of hydrogen-bond donors (Lipinski definition) is 1. The molecule has 3 rings (SSSR count). The second kappa shape index (κ2) is 7.93. The highest BCUT2D eigenvalue weighted by Gasteiger charge is 2.26. The first kappa shape index (κ1) is 16.5. The number of piperidine rings is 1. The monoisotopic (exact) mass is 316 g/mol. The van der Waals surface area contributed by atoms with Gasteiger partial charge in [-0.05, 0) is 51.3 Å². The number of nitrogens with one attached hydrogen (secondary N) is 1. The molecule has 1 aromatic carbocycles. The van der Waals surface area contributed by atoms with E-state index in [-0.39, 0.29) is 17.9 Å². The highest BCUT2D eigenvalue weighted by molar-refractivity contribution is 5.78. The van der Waals surface area contributed by atoms with Crippen molar-refractivity contribution in [3.8, 4) is 0 Å². The van der Waals surface area contributed by atoms with Crippen LogP contribution >= 0.6 is 0 Å². The molecule has 1 amide bonds. The molecule has 0 spiro atoms. The van der Waals surface area contributed by atoms with Gasteiger partial charge in [0.25, 0.3) is 0 Å². The Balaban J connectivity index is 1.40. The van der Waals surface area contributed by atoms with Gasteiger partial charge in [0.05, 0.1) is 6.10 Å². The summed E-state index contributed by atoms with van der Waals surface area (Å²) in [6.45, 7) is 6.66. The highest BCUT2D eigenvalue weighted by Crippen LogP contribution is 2.20. The molecule has 1 aromatic rings. The van der Waals surface area contributed by atoms with Gasteiger partial charge >= 0.3 is 0 Å². The maximum Gasteiger partial charge on any atom is 0.223 e. The van der Waals surface area contributed by atoms with E-state index in [1.807, 2.05) is 0 Å². The van der Waals surface area contributed by atoms with Gasteiger partial charge in [-0.25, -0.2) is 0 Å². The Hall–Kier alpha value is -1.39. The molecule has 2 saturated heterocycles. The Bertz CT molecular complexity index is 518. The largest absolute Gasteiger partial charge is 0.376 e. The lowest BCUT2D eigenvalue weighted by Gasteiger charge is -2.31. The Labute approximate surface area is 139 Å². The van der Waals surface area contributed by atoms with Crippen LogP contribution in [-0.2, 0) is 16.1 Å². The Kier molecular flexibility index (Phi) is 5.68. The zero-order valence-electron chi connectivity index (χ0n) is 14.1. The van der Waals surface area contributed by atoms with Gasteiger partial charge in [-0.3, -0.25) is 9.69 Å². The molecule has 2 aliphatic heterocycles. The van der Waals surface area contributed by atoms with Gasteiger partial charge < -0.3 is 10.1 Å². The fraction of sp³-hybridized carbons (Fsp3) is 0.632. The average molecular weight is 316 g/mol. The van der Waals surface area contributed by atoms with Crippen molar-refractivity contribution < 1.29 is 9.53 Å². The summed E-state index contributed by atoms with van der Waals surface area (Å²) < 4.78 is 5.56. The predicted octanol–water partition coefficient (Wildman–Crippen LogP) is 2.50. The van der Waals surface area contributed by atoms with Crippen molar-refractivity contribution in [1.29, 1.82) is 0 Å². The summed E-state index contributed by atoms with van der Waals surface area (Å²) in [5, 5.41) is 3.08. The molecule has 0 unspecified atom stereocenters. The SMILES string of the molecule is Cc1cccc(CN2CCC(C(=O)NC[C@@H]3CCCO3)CC2)c1. The van der Waals surface area contributed by atoms with Crippen molar-refractivity contribution in [2.45, 2.75) is 45.3 Å². The number of hydrogen-bond acceptors (Lipinski definition) is 3. The Morgan fingerprint density at radius 1 is 1.30 bits per heavy atom. The van der Waals surface area contributed by atoms with Crippen LogP contribution in [0.5, 0.6) is 0 Å². The minimum absolute atomic E-state index is 0.171. The van der Waals surface area contributed by atoms with Crippen molar-refractivity contribution in [2.75, 3.05) is 26.2 Å². The van der Waals surface area contributed by atoms with Crippen LogP contribution < -0.4 is 5.32 Å². The summed E-state index contributed by atoms with van der Waals surface area (Å²) in [5.74, 6) is 0.390. The first-order valence-corrected chi connectivity index (χ1v) is 8.88. The van der Waals surface area contributed by atoms with E-state index in [4.69, 9.17) is 4.74 Å². The van der Waals surface area contributed by atoms with Crippen LogP contribution in [0.2, 0.25) is 0 Å². The molecule has 0 bridgehead atoms. The van der Waals surface area contributed by atoms with Gasteiger partial charge in [-0.1, -0.05) is 29.8 Å². The van der Waals surface area contributed by atoms with Gasteiger partial charge in [-0.15, -0.1) is 0 Å². The first-order valence-electron chi connectivity index (χ1n) is 8.88. The number of rotatable bonds is 5. The topological polar surface area (TPSA) is 41.6 Å². The van der Waals surface area contributed by atoms with Crippen LogP contribution in [0.25, 0.3) is 0 Å². The minimum Gasteiger partial charge on any atom is -0.376 e. The quantitative estimate of drug-likeness (QED) is 0.907. The van der Waals surface area contributed by atoms with Gasteiger partial charge in [0.1, 0.15) is 0 Å². The first-order chi connectivity index (χ1) is 11.2. The molecule has 4 heteroatoms. The minimum atomic E-state index is 0.171. The third kappa shape index (κ3) is 4.79. The fourth-order valence-electron chi connectivity index (χ4n) is 3.59. The third-order valence-electron chi connectivity index (χ3n) is 4.97. The van der Waals surface area contributed by atoms with Crippen molar-refractivity contribution in [3.05, 3.63) is 35.4 Å². The molecule has 2 aliphatic rings. The van der Waals surface area contributed by atoms with E-state index in [1.165, 1.54) is 11.1 Å². The molecule has 1 N–H and O–H groups in total. The van der Waals surface area contributed by atoms with Crippen molar-refractivity contribution in [2.24, 2.45) is 5.92 Å². The number of amides is 1. The summed E-state index contributed by atoms with van der Waals surface area (Å²) in [7, 11) is 0. The summed E-state index contributed by atoms with van der Waals surface area (Å²) in [5.41, 5.74) is 2.68. The number of benzene rings is 1. The van der Waals surface area contributed by atoms with E-state index in [1.54, 1.807) is 0 Å². The molecular formula is C19H28N2O2. The van der Waals surface area contributed by atoms with Gasteiger partial charge in [0, 0.05) is 25.6 Å². The fourth-order valence-corrected chi connectivity index (χ4v) is 3.59. The van der Waals surface area contributed by atoms with Crippen LogP contribution in [0.1, 0.15) is 36.8 Å². The Morgan fingerprint density at radius 2 is 2.13 bits per heavy atom. The van der Waals surface area contributed by atoms with E-state index < -0.39 is 0 Å². The number of ether oxygens (including phenoxy) is 1. The summed E-state index contributed by atoms with van der Waals surface area (Å²) in [6, 6.07) is 8.69. The molecule has 0 saturated carbocycles. The zero-order valence-corrected chi connectivity index (χ0v) is 14.1. The number of carbonyl (C=O) groups excluding carboxylic acids is 1. The summed E-state index contributed by atoms with van der Waals surface area (Å²) in [6.07, 6.45) is 4.36. The maximum absolute atomic E-state index is 12.3. The third-order valence-corrected chi connectivity index (χ3v) is 4.97. The van der Waals surface area contributed by atoms with Crippen LogP contribution in [-0.4, -0.2) is 43.2 Å². The molecule has 0 radical (unpaired) electrons. The predicted molar refractivity (Wildman–Crippen MR) is 91.2 cm³/mol. The number of aryl methyl sites for hydroxylation is 1. The summed E-state index contributed by atoms with van der Waals surface area (Å²) >= 11 is 0. The lowest BCUT2D eigenvalue weighted by atomic mass is 9.95. The lowest BCUT2D eigenvalue weighted by molar-refractivity contribution is -0.127.